The lowest BCUT2D eigenvalue weighted by molar-refractivity contribution is 0.155. The summed E-state index contributed by atoms with van der Waals surface area (Å²) in [5.41, 5.74) is 0.266. The number of aliphatic hydroxyl groups excluding tert-OH is 1. The van der Waals surface area contributed by atoms with Gasteiger partial charge in [0, 0.05) is 18.1 Å². The van der Waals surface area contributed by atoms with E-state index >= 15 is 0 Å². The van der Waals surface area contributed by atoms with Crippen LogP contribution in [0.15, 0.2) is 0 Å². The second kappa shape index (κ2) is 3.25. The van der Waals surface area contributed by atoms with Crippen molar-refractivity contribution in [2.45, 2.75) is 39.2 Å². The standard InChI is InChI=1S/C11H21NO/c1-8(2)11(7-13)5-9(11)6-12-10-3-4-10/h8-10,12-13H,3-7H2,1-2H3. The summed E-state index contributed by atoms with van der Waals surface area (Å²) < 4.78 is 0. The van der Waals surface area contributed by atoms with Crippen LogP contribution in [0.3, 0.4) is 0 Å². The maximum absolute atomic E-state index is 9.35. The second-order valence-corrected chi connectivity index (χ2v) is 5.13. The van der Waals surface area contributed by atoms with Gasteiger partial charge in [0.1, 0.15) is 0 Å². The summed E-state index contributed by atoms with van der Waals surface area (Å²) in [6.45, 7) is 5.96. The zero-order valence-corrected chi connectivity index (χ0v) is 8.71. The van der Waals surface area contributed by atoms with Crippen LogP contribution in [-0.4, -0.2) is 24.3 Å². The molecule has 0 radical (unpaired) electrons. The highest BCUT2D eigenvalue weighted by Gasteiger charge is 2.55. The zero-order chi connectivity index (χ0) is 9.47. The lowest BCUT2D eigenvalue weighted by atomic mass is 9.90. The highest BCUT2D eigenvalue weighted by Crippen LogP contribution is 2.57. The molecule has 0 aromatic carbocycles. The Kier molecular flexibility index (Phi) is 2.37. The highest BCUT2D eigenvalue weighted by atomic mass is 16.3. The van der Waals surface area contributed by atoms with E-state index in [0.29, 0.717) is 12.5 Å². The second-order valence-electron chi connectivity index (χ2n) is 5.13. The van der Waals surface area contributed by atoms with Gasteiger partial charge in [0.2, 0.25) is 0 Å². The van der Waals surface area contributed by atoms with Crippen molar-refractivity contribution < 1.29 is 5.11 Å². The van der Waals surface area contributed by atoms with Crippen LogP contribution >= 0.6 is 0 Å². The molecule has 2 N–H and O–H groups in total. The largest absolute Gasteiger partial charge is 0.396 e. The summed E-state index contributed by atoms with van der Waals surface area (Å²) in [6, 6.07) is 0.809. The smallest absolute Gasteiger partial charge is 0.0493 e. The molecular weight excluding hydrogens is 162 g/mol. The third-order valence-corrected chi connectivity index (χ3v) is 3.95. The number of nitrogens with one attached hydrogen (secondary N) is 1. The molecule has 2 aliphatic carbocycles. The van der Waals surface area contributed by atoms with Crippen LogP contribution in [-0.2, 0) is 0 Å². The van der Waals surface area contributed by atoms with Gasteiger partial charge in [-0.05, 0) is 37.6 Å². The molecule has 0 aromatic rings. The van der Waals surface area contributed by atoms with E-state index in [1.165, 1.54) is 19.3 Å². The minimum Gasteiger partial charge on any atom is -0.396 e. The van der Waals surface area contributed by atoms with Crippen molar-refractivity contribution in [2.75, 3.05) is 13.2 Å². The van der Waals surface area contributed by atoms with Gasteiger partial charge in [-0.1, -0.05) is 13.8 Å². The highest BCUT2D eigenvalue weighted by molar-refractivity contribution is 5.05. The fraction of sp³-hybridized carbons (Fsp3) is 1.00. The first-order chi connectivity index (χ1) is 6.19. The molecule has 0 amide bonds. The first kappa shape index (κ1) is 9.47. The van der Waals surface area contributed by atoms with Gasteiger partial charge in [-0.2, -0.15) is 0 Å². The van der Waals surface area contributed by atoms with Gasteiger partial charge in [-0.25, -0.2) is 0 Å². The molecule has 0 saturated heterocycles. The van der Waals surface area contributed by atoms with E-state index in [0.717, 1.165) is 18.5 Å². The Morgan fingerprint density at radius 2 is 2.15 bits per heavy atom. The maximum Gasteiger partial charge on any atom is 0.0493 e. The summed E-state index contributed by atoms with van der Waals surface area (Å²) in [5.74, 6) is 1.36. The van der Waals surface area contributed by atoms with Crippen molar-refractivity contribution in [3.63, 3.8) is 0 Å². The SMILES string of the molecule is CC(C)C1(CO)CC1CNC1CC1. The predicted molar refractivity (Wildman–Crippen MR) is 53.5 cm³/mol. The topological polar surface area (TPSA) is 32.3 Å². The molecule has 76 valence electrons. The normalized spacial score (nSPS) is 38.3. The van der Waals surface area contributed by atoms with E-state index in [4.69, 9.17) is 0 Å². The van der Waals surface area contributed by atoms with Gasteiger partial charge in [-0.3, -0.25) is 0 Å². The van der Waals surface area contributed by atoms with E-state index in [2.05, 4.69) is 19.2 Å². The van der Waals surface area contributed by atoms with Gasteiger partial charge in [0.15, 0.2) is 0 Å². The molecule has 0 heterocycles. The molecule has 0 aliphatic heterocycles. The molecule has 2 nitrogen and oxygen atoms in total. The van der Waals surface area contributed by atoms with Crippen molar-refractivity contribution in [3.8, 4) is 0 Å². The lowest BCUT2D eigenvalue weighted by Gasteiger charge is -2.18. The van der Waals surface area contributed by atoms with Gasteiger partial charge in [-0.15, -0.1) is 0 Å². The molecular formula is C11H21NO. The minimum atomic E-state index is 0.266. The average Bonchev–Trinajstić information content (AvgIpc) is 2.98. The average molecular weight is 183 g/mol. The zero-order valence-electron chi connectivity index (χ0n) is 8.71. The predicted octanol–water partition coefficient (Wildman–Crippen LogP) is 1.39. The summed E-state index contributed by atoms with van der Waals surface area (Å²) in [5, 5.41) is 12.9. The molecule has 2 unspecified atom stereocenters. The third kappa shape index (κ3) is 1.75. The molecule has 2 rings (SSSR count). The van der Waals surface area contributed by atoms with E-state index < -0.39 is 0 Å². The summed E-state index contributed by atoms with van der Waals surface area (Å²) in [4.78, 5) is 0. The summed E-state index contributed by atoms with van der Waals surface area (Å²) in [7, 11) is 0. The van der Waals surface area contributed by atoms with Crippen molar-refractivity contribution in [1.82, 2.24) is 5.32 Å². The Hall–Kier alpha value is -0.0800. The lowest BCUT2D eigenvalue weighted by Crippen LogP contribution is -2.25. The monoisotopic (exact) mass is 183 g/mol. The fourth-order valence-electron chi connectivity index (χ4n) is 2.35. The van der Waals surface area contributed by atoms with Crippen LogP contribution in [0.2, 0.25) is 0 Å². The Bertz CT molecular complexity index is 189. The molecule has 2 fully saturated rings. The molecule has 0 spiro atoms. The molecule has 0 aromatic heterocycles. The molecule has 0 bridgehead atoms. The van der Waals surface area contributed by atoms with Crippen molar-refractivity contribution in [2.24, 2.45) is 17.3 Å². The van der Waals surface area contributed by atoms with Gasteiger partial charge in [0.05, 0.1) is 0 Å². The van der Waals surface area contributed by atoms with E-state index in [9.17, 15) is 5.11 Å². The molecule has 13 heavy (non-hydrogen) atoms. The first-order valence-electron chi connectivity index (χ1n) is 5.53. The molecule has 2 aliphatic rings. The Morgan fingerprint density at radius 3 is 2.54 bits per heavy atom. The fourth-order valence-corrected chi connectivity index (χ4v) is 2.35. The number of rotatable bonds is 5. The van der Waals surface area contributed by atoms with E-state index in [1.54, 1.807) is 0 Å². The number of aliphatic hydroxyl groups is 1. The third-order valence-electron chi connectivity index (χ3n) is 3.95. The Balaban J connectivity index is 1.76. The molecule has 2 atom stereocenters. The van der Waals surface area contributed by atoms with E-state index in [1.807, 2.05) is 0 Å². The van der Waals surface area contributed by atoms with Gasteiger partial charge in [0.25, 0.3) is 0 Å². The van der Waals surface area contributed by atoms with Gasteiger partial charge < -0.3 is 10.4 Å². The van der Waals surface area contributed by atoms with Crippen molar-refractivity contribution in [3.05, 3.63) is 0 Å². The quantitative estimate of drug-likeness (QED) is 0.675. The summed E-state index contributed by atoms with van der Waals surface area (Å²) >= 11 is 0. The molecule has 2 saturated carbocycles. The van der Waals surface area contributed by atoms with Crippen LogP contribution < -0.4 is 5.32 Å². The van der Waals surface area contributed by atoms with Gasteiger partial charge >= 0.3 is 0 Å². The summed E-state index contributed by atoms with van der Waals surface area (Å²) in [6.07, 6.45) is 3.95. The van der Waals surface area contributed by atoms with Crippen LogP contribution in [0.1, 0.15) is 33.1 Å². The van der Waals surface area contributed by atoms with Crippen molar-refractivity contribution in [1.29, 1.82) is 0 Å². The van der Waals surface area contributed by atoms with Crippen LogP contribution in [0.25, 0.3) is 0 Å². The number of hydrogen-bond donors (Lipinski definition) is 2. The molecule has 2 heteroatoms. The Morgan fingerprint density at radius 1 is 1.46 bits per heavy atom. The van der Waals surface area contributed by atoms with Crippen LogP contribution in [0, 0.1) is 17.3 Å². The first-order valence-corrected chi connectivity index (χ1v) is 5.53. The Labute approximate surface area is 80.7 Å². The van der Waals surface area contributed by atoms with Crippen LogP contribution in [0.4, 0.5) is 0 Å². The number of hydrogen-bond acceptors (Lipinski definition) is 2. The van der Waals surface area contributed by atoms with Crippen molar-refractivity contribution >= 4 is 0 Å². The van der Waals surface area contributed by atoms with Crippen LogP contribution in [0.5, 0.6) is 0 Å². The maximum atomic E-state index is 9.35. The van der Waals surface area contributed by atoms with E-state index in [-0.39, 0.29) is 5.41 Å². The minimum absolute atomic E-state index is 0.266.